The fraction of sp³-hybridized carbons (Fsp3) is 0.207. The molecular weight excluding hydrogens is 392 g/mol. The zero-order chi connectivity index (χ0) is 22.0. The topological polar surface area (TPSA) is 26.9 Å². The average molecular weight is 419 g/mol. The van der Waals surface area contributed by atoms with Crippen LogP contribution in [0.1, 0.15) is 47.6 Å². The number of aromatic nitrogens is 2. The Morgan fingerprint density at radius 2 is 1.84 bits per heavy atom. The molecule has 32 heavy (non-hydrogen) atoms. The smallest absolute Gasteiger partial charge is 0.257 e. The first-order valence-electron chi connectivity index (χ1n) is 11.4. The van der Waals surface area contributed by atoms with Gasteiger partial charge in [-0.3, -0.25) is 9.36 Å². The molecule has 2 aliphatic carbocycles. The summed E-state index contributed by atoms with van der Waals surface area (Å²) in [7, 11) is 0. The molecule has 1 atom stereocenters. The summed E-state index contributed by atoms with van der Waals surface area (Å²) < 4.78 is 4.35. The van der Waals surface area contributed by atoms with Crippen molar-refractivity contribution in [1.29, 1.82) is 0 Å². The number of carbonyl (C=O) groups is 1. The second-order valence-electron chi connectivity index (χ2n) is 9.15. The highest BCUT2D eigenvalue weighted by Crippen LogP contribution is 2.42. The summed E-state index contributed by atoms with van der Waals surface area (Å²) in [5.41, 5.74) is 8.75. The first-order valence-corrected chi connectivity index (χ1v) is 11.4. The zero-order valence-corrected chi connectivity index (χ0v) is 18.6. The lowest BCUT2D eigenvalue weighted by Crippen LogP contribution is -2.15. The third kappa shape index (κ3) is 2.57. The lowest BCUT2D eigenvalue weighted by atomic mass is 9.94. The first kappa shape index (κ1) is 19.1. The molecular formula is C29H26N2O. The van der Waals surface area contributed by atoms with Crippen molar-refractivity contribution in [1.82, 2.24) is 9.13 Å². The second-order valence-corrected chi connectivity index (χ2v) is 9.15. The quantitative estimate of drug-likeness (QED) is 0.323. The van der Waals surface area contributed by atoms with Crippen molar-refractivity contribution in [3.8, 4) is 5.69 Å². The van der Waals surface area contributed by atoms with E-state index in [2.05, 4.69) is 84.8 Å². The van der Waals surface area contributed by atoms with Gasteiger partial charge >= 0.3 is 0 Å². The number of hydrogen-bond donors (Lipinski definition) is 0. The van der Waals surface area contributed by atoms with Crippen LogP contribution in [0.5, 0.6) is 0 Å². The van der Waals surface area contributed by atoms with Crippen molar-refractivity contribution in [3.05, 3.63) is 89.3 Å². The van der Waals surface area contributed by atoms with Crippen molar-refractivity contribution in [2.45, 2.75) is 33.1 Å². The molecule has 0 N–H and O–H groups in total. The Kier molecular flexibility index (Phi) is 4.16. The summed E-state index contributed by atoms with van der Waals surface area (Å²) in [6.07, 6.45) is 11.8. The van der Waals surface area contributed by atoms with Gasteiger partial charge < -0.3 is 4.57 Å². The molecule has 0 amide bonds. The normalized spacial score (nSPS) is 17.0. The lowest BCUT2D eigenvalue weighted by Gasteiger charge is -2.17. The molecule has 0 aliphatic heterocycles. The number of benzene rings is 2. The van der Waals surface area contributed by atoms with Crippen LogP contribution in [0.3, 0.4) is 0 Å². The van der Waals surface area contributed by atoms with Gasteiger partial charge in [0.15, 0.2) is 0 Å². The minimum atomic E-state index is -0.00609. The van der Waals surface area contributed by atoms with Gasteiger partial charge in [0.25, 0.3) is 5.91 Å². The minimum Gasteiger partial charge on any atom is -0.313 e. The summed E-state index contributed by atoms with van der Waals surface area (Å²) in [5, 5.41) is 2.32. The molecule has 0 saturated heterocycles. The van der Waals surface area contributed by atoms with Crippen molar-refractivity contribution >= 4 is 39.9 Å². The number of rotatable bonds is 2. The van der Waals surface area contributed by atoms with Crippen LogP contribution >= 0.6 is 0 Å². The number of para-hydroxylation sites is 1. The highest BCUT2D eigenvalue weighted by Gasteiger charge is 2.28. The van der Waals surface area contributed by atoms with Gasteiger partial charge in [-0.15, -0.1) is 0 Å². The number of fused-ring (bicyclic) bond motifs is 7. The van der Waals surface area contributed by atoms with E-state index in [1.54, 1.807) is 0 Å². The monoisotopic (exact) mass is 418 g/mol. The first-order chi connectivity index (χ1) is 15.6. The number of nitrogens with zero attached hydrogens (tertiary/aromatic N) is 2. The van der Waals surface area contributed by atoms with Crippen LogP contribution in [0.2, 0.25) is 0 Å². The van der Waals surface area contributed by atoms with Crippen LogP contribution in [0.25, 0.3) is 39.6 Å². The Bertz CT molecular complexity index is 1490. The van der Waals surface area contributed by atoms with Crippen molar-refractivity contribution in [2.24, 2.45) is 5.92 Å². The fourth-order valence-corrected chi connectivity index (χ4v) is 5.46. The van der Waals surface area contributed by atoms with E-state index in [1.807, 2.05) is 11.5 Å². The molecule has 3 heteroatoms. The maximum absolute atomic E-state index is 13.4. The Balaban J connectivity index is 1.83. The molecule has 2 heterocycles. The Labute approximate surface area is 188 Å². The minimum absolute atomic E-state index is 0.00609. The Morgan fingerprint density at radius 1 is 1.03 bits per heavy atom. The Morgan fingerprint density at radius 3 is 2.62 bits per heavy atom. The van der Waals surface area contributed by atoms with Crippen LogP contribution in [-0.4, -0.2) is 15.0 Å². The number of allylic oxidation sites excluding steroid dienone is 3. The molecule has 3 nitrogen and oxygen atoms in total. The van der Waals surface area contributed by atoms with Crippen LogP contribution in [0, 0.1) is 5.92 Å². The van der Waals surface area contributed by atoms with Gasteiger partial charge in [0, 0.05) is 44.5 Å². The fourth-order valence-electron chi connectivity index (χ4n) is 5.46. The zero-order valence-electron chi connectivity index (χ0n) is 18.6. The molecule has 158 valence electrons. The second kappa shape index (κ2) is 6.96. The highest BCUT2D eigenvalue weighted by atomic mass is 16.2. The molecule has 1 unspecified atom stereocenters. The summed E-state index contributed by atoms with van der Waals surface area (Å²) in [5.74, 6) is 0.471. The van der Waals surface area contributed by atoms with E-state index in [-0.39, 0.29) is 5.91 Å². The van der Waals surface area contributed by atoms with Gasteiger partial charge in [-0.1, -0.05) is 62.1 Å². The molecule has 2 aromatic heterocycles. The van der Waals surface area contributed by atoms with Gasteiger partial charge in [0.2, 0.25) is 0 Å². The third-order valence-corrected chi connectivity index (χ3v) is 6.86. The molecule has 0 fully saturated rings. The molecule has 6 rings (SSSR count). The van der Waals surface area contributed by atoms with Crippen LogP contribution in [0.4, 0.5) is 0 Å². The molecule has 4 aromatic rings. The predicted molar refractivity (Wildman–Crippen MR) is 133 cm³/mol. The van der Waals surface area contributed by atoms with Gasteiger partial charge in [-0.2, -0.15) is 0 Å². The molecule has 0 spiro atoms. The van der Waals surface area contributed by atoms with E-state index in [9.17, 15) is 4.79 Å². The summed E-state index contributed by atoms with van der Waals surface area (Å²) in [6.45, 7) is 8.06. The van der Waals surface area contributed by atoms with E-state index in [4.69, 9.17) is 0 Å². The maximum Gasteiger partial charge on any atom is 0.257 e. The number of hydrogen-bond acceptors (Lipinski definition) is 1. The summed E-state index contributed by atoms with van der Waals surface area (Å²) >= 11 is 0. The van der Waals surface area contributed by atoms with E-state index in [0.29, 0.717) is 11.5 Å². The van der Waals surface area contributed by atoms with E-state index < -0.39 is 0 Å². The van der Waals surface area contributed by atoms with Gasteiger partial charge in [0.05, 0.1) is 11.0 Å². The summed E-state index contributed by atoms with van der Waals surface area (Å²) in [4.78, 5) is 13.4. The number of carbonyl (C=O) groups excluding carboxylic acids is 1. The predicted octanol–water partition coefficient (Wildman–Crippen LogP) is 6.97. The van der Waals surface area contributed by atoms with Crippen molar-refractivity contribution in [2.75, 3.05) is 0 Å². The average Bonchev–Trinajstić information content (AvgIpc) is 3.31. The lowest BCUT2D eigenvalue weighted by molar-refractivity contribution is 0.0958. The molecule has 0 radical (unpaired) electrons. The van der Waals surface area contributed by atoms with E-state index in [0.717, 1.165) is 47.1 Å². The van der Waals surface area contributed by atoms with Crippen LogP contribution in [0.15, 0.2) is 66.8 Å². The van der Waals surface area contributed by atoms with Gasteiger partial charge in [-0.25, -0.2) is 0 Å². The molecule has 0 saturated carbocycles. The van der Waals surface area contributed by atoms with Gasteiger partial charge in [0.1, 0.15) is 0 Å². The molecule has 0 bridgehead atoms. The van der Waals surface area contributed by atoms with E-state index >= 15 is 0 Å². The molecule has 2 aliphatic rings. The highest BCUT2D eigenvalue weighted by molar-refractivity contribution is 6.17. The standard InChI is InChI=1S/C29H26N2O/c1-18(2)29(32)31-24-12-8-7-11-21(24)22-15-16-25-27(28(22)31)23-14-13-19(3)17-26(23)30(25)20-9-5-4-6-10-20/h4-7,9-11,13-16,19H,1,8,12,17H2,2-3H3. The van der Waals surface area contributed by atoms with Gasteiger partial charge in [-0.05, 0) is 50.3 Å². The largest absolute Gasteiger partial charge is 0.313 e. The Hall–Kier alpha value is -3.59. The summed E-state index contributed by atoms with van der Waals surface area (Å²) in [6, 6.07) is 15.0. The van der Waals surface area contributed by atoms with Crippen LogP contribution < -0.4 is 0 Å². The van der Waals surface area contributed by atoms with Crippen LogP contribution in [-0.2, 0) is 12.8 Å². The third-order valence-electron chi connectivity index (χ3n) is 6.86. The van der Waals surface area contributed by atoms with Crippen molar-refractivity contribution < 1.29 is 4.79 Å². The molecule has 2 aromatic carbocycles. The van der Waals surface area contributed by atoms with E-state index in [1.165, 1.54) is 22.2 Å². The SMILES string of the molecule is C=C(C)C(=O)n1c2c(c3ccc4c(c5c(n4-c4ccccc4)CC(C)C=C5)c31)C=CCC2. The van der Waals surface area contributed by atoms with Crippen molar-refractivity contribution in [3.63, 3.8) is 0 Å². The maximum atomic E-state index is 13.4.